The lowest BCUT2D eigenvalue weighted by atomic mass is 9.85. The number of phenols is 1. The second-order valence-electron chi connectivity index (χ2n) is 16.9. The van der Waals surface area contributed by atoms with Gasteiger partial charge in [0, 0.05) is 47.6 Å². The fourth-order valence-corrected chi connectivity index (χ4v) is 9.30. The number of carbonyl (C=O) groups is 2. The number of nitrogens with zero attached hydrogens (tertiary/aromatic N) is 2. The molecule has 3 aliphatic rings. The van der Waals surface area contributed by atoms with Crippen molar-refractivity contribution in [3.8, 4) is 11.5 Å². The molecular formula is C52H54ClN3O7. The van der Waals surface area contributed by atoms with Gasteiger partial charge in [-0.25, -0.2) is 0 Å². The number of hydrogen-bond donors (Lipinski definition) is 3. The van der Waals surface area contributed by atoms with E-state index < -0.39 is 6.10 Å². The fourth-order valence-electron chi connectivity index (χ4n) is 9.09. The number of H-pyrrole nitrogens is 1. The topological polar surface area (TPSA) is 132 Å². The van der Waals surface area contributed by atoms with E-state index in [1.165, 1.54) is 12.1 Å². The van der Waals surface area contributed by atoms with E-state index in [4.69, 9.17) is 21.1 Å². The van der Waals surface area contributed by atoms with Crippen LogP contribution in [0, 0.1) is 5.92 Å². The van der Waals surface area contributed by atoms with E-state index in [9.17, 15) is 24.6 Å². The molecular weight excluding hydrogens is 814 g/mol. The molecule has 3 atom stereocenters. The molecule has 9 rings (SSSR count). The van der Waals surface area contributed by atoms with Gasteiger partial charge in [0.05, 0.1) is 18.0 Å². The highest BCUT2D eigenvalue weighted by Gasteiger charge is 2.37. The van der Waals surface area contributed by atoms with Gasteiger partial charge in [0.2, 0.25) is 5.56 Å². The van der Waals surface area contributed by atoms with Gasteiger partial charge in [-0.3, -0.25) is 19.3 Å². The molecule has 0 spiro atoms. The van der Waals surface area contributed by atoms with E-state index >= 15 is 0 Å². The number of ether oxygens (including phenoxy) is 2. The van der Waals surface area contributed by atoms with Gasteiger partial charge in [0.15, 0.2) is 0 Å². The quantitative estimate of drug-likeness (QED) is 0.0575. The van der Waals surface area contributed by atoms with Crippen LogP contribution in [-0.4, -0.2) is 69.2 Å². The molecule has 3 saturated heterocycles. The first-order valence-corrected chi connectivity index (χ1v) is 22.4. The van der Waals surface area contributed by atoms with E-state index in [0.29, 0.717) is 71.3 Å². The monoisotopic (exact) mass is 867 g/mol. The van der Waals surface area contributed by atoms with Gasteiger partial charge in [-0.2, -0.15) is 0 Å². The minimum absolute atomic E-state index is 0.0348. The molecule has 3 N–H and O–H groups in total. The minimum atomic E-state index is -0.781. The maximum absolute atomic E-state index is 14.0. The molecule has 2 bridgehead atoms. The maximum atomic E-state index is 14.0. The summed E-state index contributed by atoms with van der Waals surface area (Å²) in [5, 5.41) is 22.5. The molecule has 11 heteroatoms. The van der Waals surface area contributed by atoms with Crippen molar-refractivity contribution in [2.75, 3.05) is 26.2 Å². The average Bonchev–Trinajstić information content (AvgIpc) is 3.30. The third kappa shape index (κ3) is 11.2. The lowest BCUT2D eigenvalue weighted by molar-refractivity contribution is -0.159. The molecule has 0 unspecified atom stereocenters. The largest absolute Gasteiger partial charge is 0.506 e. The molecule has 0 saturated carbocycles. The van der Waals surface area contributed by atoms with Crippen LogP contribution in [0.15, 0.2) is 132 Å². The summed E-state index contributed by atoms with van der Waals surface area (Å²) in [5.41, 5.74) is 5.05. The summed E-state index contributed by atoms with van der Waals surface area (Å²) < 4.78 is 12.4. The van der Waals surface area contributed by atoms with Gasteiger partial charge in [-0.1, -0.05) is 97.2 Å². The van der Waals surface area contributed by atoms with Crippen molar-refractivity contribution >= 4 is 34.4 Å². The normalized spacial score (nSPS) is 17.8. The Kier molecular flexibility index (Phi) is 14.2. The van der Waals surface area contributed by atoms with Gasteiger partial charge in [-0.15, -0.1) is 0 Å². The van der Waals surface area contributed by atoms with E-state index in [-0.39, 0.29) is 41.6 Å². The summed E-state index contributed by atoms with van der Waals surface area (Å²) in [6, 6.07) is 39.2. The summed E-state index contributed by atoms with van der Waals surface area (Å²) in [6.07, 6.45) is 4.29. The number of aromatic hydroxyl groups is 1. The van der Waals surface area contributed by atoms with Crippen LogP contribution in [0.3, 0.4) is 0 Å². The van der Waals surface area contributed by atoms with E-state index in [1.807, 2.05) is 95.9 Å². The first-order valence-electron chi connectivity index (χ1n) is 22.0. The zero-order valence-electron chi connectivity index (χ0n) is 35.3. The Hall–Kier alpha value is -5.94. The molecule has 0 aliphatic carbocycles. The molecule has 1 aromatic heterocycles. The van der Waals surface area contributed by atoms with Crippen molar-refractivity contribution < 1.29 is 29.3 Å². The first-order chi connectivity index (χ1) is 30.7. The average molecular weight is 868 g/mol. The number of unbranched alkanes of at least 4 members (excludes halogenated alkanes) is 2. The molecule has 3 fully saturated rings. The predicted octanol–water partition coefficient (Wildman–Crippen LogP) is 9.56. The van der Waals surface area contributed by atoms with Gasteiger partial charge >= 0.3 is 5.97 Å². The number of piperidine rings is 3. The summed E-state index contributed by atoms with van der Waals surface area (Å²) in [4.78, 5) is 46.2. The zero-order chi connectivity index (χ0) is 43.7. The summed E-state index contributed by atoms with van der Waals surface area (Å²) in [5.74, 6) is 0.635. The second kappa shape index (κ2) is 20.5. The molecule has 1 amide bonds. The fraction of sp³-hybridized carbons (Fsp3) is 0.327. The van der Waals surface area contributed by atoms with Crippen LogP contribution in [-0.2, 0) is 22.7 Å². The first kappa shape index (κ1) is 43.7. The Morgan fingerprint density at radius 1 is 0.825 bits per heavy atom. The van der Waals surface area contributed by atoms with Crippen molar-refractivity contribution in [1.82, 2.24) is 14.8 Å². The van der Waals surface area contributed by atoms with Crippen molar-refractivity contribution in [3.63, 3.8) is 0 Å². The zero-order valence-corrected chi connectivity index (χ0v) is 36.1. The van der Waals surface area contributed by atoms with E-state index in [1.54, 1.807) is 12.1 Å². The Morgan fingerprint density at radius 2 is 1.60 bits per heavy atom. The highest BCUT2D eigenvalue weighted by atomic mass is 35.5. The summed E-state index contributed by atoms with van der Waals surface area (Å²) in [6.45, 7) is 4.21. The standard InChI is InChI=1S/C52H54ClN3O7/c53-41-13-7-9-36(29-41)32-56(26-6-2-5-15-46(57)43-20-22-47(58)51-44(43)21-23-49(59)54-51)52(61)39-18-16-35(17-19-39)34-62-42-14-8-12-40(30-42)45(37-10-3-1-4-11-37)31-50(60)63-48-33-55-27-24-38(48)25-28-55/h1,3-4,7-14,16-23,29-30,38,45-46,48,57-58H,2,5-6,15,24-28,31-34H2,(H,54,59)/t45-,46-,48-/m0/s1. The molecule has 5 aromatic carbocycles. The molecule has 63 heavy (non-hydrogen) atoms. The SMILES string of the molecule is O=C(C[C@@H](c1ccccc1)c1cccc(OCc2ccc(C(=O)N(CCCCC[C@H](O)c3ccc(O)c4[nH]c(=O)ccc34)Cc3cccc(Cl)c3)cc2)c1)O[C@H]1CN2CCC1CC2. The van der Waals surface area contributed by atoms with Crippen LogP contribution in [0.4, 0.5) is 0 Å². The Balaban J connectivity index is 0.878. The molecule has 10 nitrogen and oxygen atoms in total. The highest BCUT2D eigenvalue weighted by Crippen LogP contribution is 2.34. The molecule has 326 valence electrons. The number of benzene rings is 5. The van der Waals surface area contributed by atoms with Crippen LogP contribution >= 0.6 is 11.6 Å². The van der Waals surface area contributed by atoms with E-state index in [0.717, 1.165) is 67.6 Å². The van der Waals surface area contributed by atoms with E-state index in [2.05, 4.69) is 22.0 Å². The van der Waals surface area contributed by atoms with Gasteiger partial charge in [-0.05, 0) is 121 Å². The smallest absolute Gasteiger partial charge is 0.307 e. The van der Waals surface area contributed by atoms with Crippen molar-refractivity contribution in [1.29, 1.82) is 0 Å². The Morgan fingerprint density at radius 3 is 2.37 bits per heavy atom. The summed E-state index contributed by atoms with van der Waals surface area (Å²) >= 11 is 6.32. The molecule has 3 aliphatic heterocycles. The number of aromatic amines is 1. The number of esters is 1. The van der Waals surface area contributed by atoms with Crippen LogP contribution in [0.25, 0.3) is 10.9 Å². The van der Waals surface area contributed by atoms with Gasteiger partial charge in [0.1, 0.15) is 24.2 Å². The lowest BCUT2D eigenvalue weighted by Crippen LogP contribution is -2.52. The van der Waals surface area contributed by atoms with Gasteiger partial charge < -0.3 is 29.6 Å². The number of nitrogens with one attached hydrogen (secondary N) is 1. The minimum Gasteiger partial charge on any atom is -0.506 e. The lowest BCUT2D eigenvalue weighted by Gasteiger charge is -2.44. The number of phenolic OH excluding ortho intramolecular Hbond substituents is 1. The number of aliphatic hydroxyl groups is 1. The van der Waals surface area contributed by atoms with Gasteiger partial charge in [0.25, 0.3) is 5.91 Å². The number of aromatic nitrogens is 1. The third-order valence-electron chi connectivity index (χ3n) is 12.5. The second-order valence-corrected chi connectivity index (χ2v) is 17.3. The number of aliphatic hydroxyl groups excluding tert-OH is 1. The highest BCUT2D eigenvalue weighted by molar-refractivity contribution is 6.30. The number of fused-ring (bicyclic) bond motifs is 4. The number of pyridine rings is 1. The number of hydrogen-bond acceptors (Lipinski definition) is 8. The number of halogens is 1. The molecule has 0 radical (unpaired) electrons. The van der Waals surface area contributed by atoms with Crippen molar-refractivity contribution in [2.24, 2.45) is 5.92 Å². The molecule has 4 heterocycles. The Labute approximate surface area is 373 Å². The predicted molar refractivity (Wildman–Crippen MR) is 245 cm³/mol. The van der Waals surface area contributed by atoms with Crippen molar-refractivity contribution in [2.45, 2.75) is 76.2 Å². The van der Waals surface area contributed by atoms with Crippen LogP contribution in [0.2, 0.25) is 5.02 Å². The van der Waals surface area contributed by atoms with Crippen LogP contribution in [0.5, 0.6) is 11.5 Å². The maximum Gasteiger partial charge on any atom is 0.307 e. The number of rotatable bonds is 18. The Bertz CT molecular complexity index is 2560. The molecule has 6 aromatic rings. The third-order valence-corrected chi connectivity index (χ3v) is 12.8. The van der Waals surface area contributed by atoms with Crippen LogP contribution in [0.1, 0.15) is 95.1 Å². The van der Waals surface area contributed by atoms with Crippen molar-refractivity contribution in [3.05, 3.63) is 176 Å². The number of amides is 1. The van der Waals surface area contributed by atoms with Crippen LogP contribution < -0.4 is 10.3 Å². The summed E-state index contributed by atoms with van der Waals surface area (Å²) in [7, 11) is 0. The number of carbonyl (C=O) groups excluding carboxylic acids is 2.